The summed E-state index contributed by atoms with van der Waals surface area (Å²) >= 11 is 6.10. The molecular formula is C18H17ClN4O3. The number of furan rings is 1. The highest BCUT2D eigenvalue weighted by Crippen LogP contribution is 2.25. The molecule has 1 saturated heterocycles. The summed E-state index contributed by atoms with van der Waals surface area (Å²) in [7, 11) is 0. The van der Waals surface area contributed by atoms with E-state index in [-0.39, 0.29) is 12.5 Å². The molecule has 1 aliphatic rings. The molecule has 0 unspecified atom stereocenters. The molecule has 7 nitrogen and oxygen atoms in total. The lowest BCUT2D eigenvalue weighted by molar-refractivity contribution is 0.0793. The summed E-state index contributed by atoms with van der Waals surface area (Å²) in [5, 5.41) is 7.60. The van der Waals surface area contributed by atoms with Crippen LogP contribution in [0.3, 0.4) is 0 Å². The minimum absolute atomic E-state index is 0.0192. The molecule has 0 saturated carbocycles. The topological polar surface area (TPSA) is 84.4 Å². The number of rotatable bonds is 5. The van der Waals surface area contributed by atoms with Crippen molar-refractivity contribution < 1.29 is 13.7 Å². The molecule has 4 rings (SSSR count). The molecule has 1 amide bonds. The van der Waals surface area contributed by atoms with E-state index >= 15 is 0 Å². The highest BCUT2D eigenvalue weighted by molar-refractivity contribution is 6.31. The molecule has 1 fully saturated rings. The molecular weight excluding hydrogens is 356 g/mol. The summed E-state index contributed by atoms with van der Waals surface area (Å²) in [6.45, 7) is 1.84. The number of likely N-dealkylation sites (tertiary alicyclic amines) is 1. The molecule has 3 aromatic rings. The average molecular weight is 373 g/mol. The number of nitrogens with zero attached hydrogens (tertiary/aromatic N) is 3. The molecule has 1 N–H and O–H groups in total. The lowest BCUT2D eigenvalue weighted by atomic mass is 10.1. The standard InChI is InChI=1S/C18H17ClN4O3/c19-12-5-6-14(13(10-12)18(24)23-7-1-2-8-23)20-11-16-21-17(22-26-16)15-4-3-9-25-15/h3-6,9-10,20H,1-2,7-8,11H2. The van der Waals surface area contributed by atoms with Gasteiger partial charge in [-0.3, -0.25) is 4.79 Å². The van der Waals surface area contributed by atoms with Crippen molar-refractivity contribution >= 4 is 23.2 Å². The van der Waals surface area contributed by atoms with Crippen LogP contribution >= 0.6 is 11.6 Å². The van der Waals surface area contributed by atoms with Gasteiger partial charge in [-0.05, 0) is 43.2 Å². The van der Waals surface area contributed by atoms with Crippen molar-refractivity contribution in [3.8, 4) is 11.6 Å². The zero-order valence-corrected chi connectivity index (χ0v) is 14.7. The average Bonchev–Trinajstić information content (AvgIpc) is 3.42. The van der Waals surface area contributed by atoms with Gasteiger partial charge in [0, 0.05) is 23.8 Å². The van der Waals surface area contributed by atoms with Crippen molar-refractivity contribution in [1.82, 2.24) is 15.0 Å². The third kappa shape index (κ3) is 3.43. The number of anilines is 1. The monoisotopic (exact) mass is 372 g/mol. The Labute approximate surface area is 154 Å². The van der Waals surface area contributed by atoms with Gasteiger partial charge in [0.05, 0.1) is 18.4 Å². The van der Waals surface area contributed by atoms with E-state index in [0.29, 0.717) is 33.7 Å². The van der Waals surface area contributed by atoms with E-state index in [1.807, 2.05) is 4.90 Å². The number of carbonyl (C=O) groups is 1. The molecule has 0 spiro atoms. The number of benzene rings is 1. The summed E-state index contributed by atoms with van der Waals surface area (Å²) in [6, 6.07) is 8.73. The number of halogens is 1. The second-order valence-electron chi connectivity index (χ2n) is 6.03. The predicted molar refractivity (Wildman–Crippen MR) is 95.9 cm³/mol. The first-order valence-corrected chi connectivity index (χ1v) is 8.77. The van der Waals surface area contributed by atoms with E-state index in [1.165, 1.54) is 0 Å². The van der Waals surface area contributed by atoms with Gasteiger partial charge < -0.3 is 19.2 Å². The fourth-order valence-electron chi connectivity index (χ4n) is 2.94. The first kappa shape index (κ1) is 16.7. The van der Waals surface area contributed by atoms with E-state index < -0.39 is 0 Å². The Morgan fingerprint density at radius 3 is 2.88 bits per heavy atom. The number of aromatic nitrogens is 2. The van der Waals surface area contributed by atoms with Crippen LogP contribution in [0.2, 0.25) is 5.02 Å². The van der Waals surface area contributed by atoms with E-state index in [0.717, 1.165) is 25.9 Å². The molecule has 8 heteroatoms. The van der Waals surface area contributed by atoms with E-state index in [2.05, 4.69) is 15.5 Å². The Bertz CT molecular complexity index is 901. The molecule has 1 aliphatic heterocycles. The Balaban J connectivity index is 1.50. The second-order valence-corrected chi connectivity index (χ2v) is 6.47. The van der Waals surface area contributed by atoms with Gasteiger partial charge >= 0.3 is 0 Å². The third-order valence-electron chi connectivity index (χ3n) is 4.25. The second kappa shape index (κ2) is 7.21. The van der Waals surface area contributed by atoms with Gasteiger partial charge in [0.2, 0.25) is 11.7 Å². The van der Waals surface area contributed by atoms with Gasteiger partial charge in [0.25, 0.3) is 5.91 Å². The summed E-state index contributed by atoms with van der Waals surface area (Å²) < 4.78 is 10.5. The highest BCUT2D eigenvalue weighted by Gasteiger charge is 2.22. The minimum Gasteiger partial charge on any atom is -0.461 e. The maximum atomic E-state index is 12.8. The minimum atomic E-state index is -0.0192. The quantitative estimate of drug-likeness (QED) is 0.732. The third-order valence-corrected chi connectivity index (χ3v) is 4.48. The maximum absolute atomic E-state index is 12.8. The van der Waals surface area contributed by atoms with Gasteiger partial charge in [-0.2, -0.15) is 4.98 Å². The Morgan fingerprint density at radius 2 is 2.12 bits per heavy atom. The van der Waals surface area contributed by atoms with Crippen molar-refractivity contribution in [1.29, 1.82) is 0 Å². The number of carbonyl (C=O) groups excluding carboxylic acids is 1. The van der Waals surface area contributed by atoms with Gasteiger partial charge in [-0.25, -0.2) is 0 Å². The zero-order chi connectivity index (χ0) is 17.9. The van der Waals surface area contributed by atoms with Gasteiger partial charge in [0.1, 0.15) is 0 Å². The maximum Gasteiger partial charge on any atom is 0.256 e. The smallest absolute Gasteiger partial charge is 0.256 e. The molecule has 0 bridgehead atoms. The lowest BCUT2D eigenvalue weighted by Crippen LogP contribution is -2.28. The Kier molecular flexibility index (Phi) is 4.62. The van der Waals surface area contributed by atoms with Crippen LogP contribution in [-0.4, -0.2) is 34.0 Å². The highest BCUT2D eigenvalue weighted by atomic mass is 35.5. The number of hydrogen-bond acceptors (Lipinski definition) is 6. The predicted octanol–water partition coefficient (Wildman–Crippen LogP) is 3.83. The van der Waals surface area contributed by atoms with Crippen LogP contribution in [0.15, 0.2) is 45.5 Å². The van der Waals surface area contributed by atoms with Gasteiger partial charge in [-0.1, -0.05) is 16.8 Å². The van der Waals surface area contributed by atoms with E-state index in [4.69, 9.17) is 20.5 Å². The fraction of sp³-hybridized carbons (Fsp3) is 0.278. The molecule has 134 valence electrons. The fourth-order valence-corrected chi connectivity index (χ4v) is 3.11. The molecule has 3 heterocycles. The molecule has 1 aromatic carbocycles. The molecule has 0 radical (unpaired) electrons. The van der Waals surface area contributed by atoms with Crippen LogP contribution in [0.1, 0.15) is 29.1 Å². The van der Waals surface area contributed by atoms with Crippen LogP contribution in [-0.2, 0) is 6.54 Å². The number of hydrogen-bond donors (Lipinski definition) is 1. The van der Waals surface area contributed by atoms with Crippen molar-refractivity contribution in [3.63, 3.8) is 0 Å². The Hall–Kier alpha value is -2.80. The van der Waals surface area contributed by atoms with E-state index in [9.17, 15) is 4.79 Å². The van der Waals surface area contributed by atoms with Gasteiger partial charge in [0.15, 0.2) is 5.76 Å². The van der Waals surface area contributed by atoms with Crippen molar-refractivity contribution in [2.24, 2.45) is 0 Å². The van der Waals surface area contributed by atoms with Crippen molar-refractivity contribution in [3.05, 3.63) is 53.1 Å². The van der Waals surface area contributed by atoms with Crippen LogP contribution in [0.25, 0.3) is 11.6 Å². The largest absolute Gasteiger partial charge is 0.461 e. The normalized spacial score (nSPS) is 14.0. The lowest BCUT2D eigenvalue weighted by Gasteiger charge is -2.18. The van der Waals surface area contributed by atoms with Gasteiger partial charge in [-0.15, -0.1) is 0 Å². The number of amides is 1. The molecule has 0 atom stereocenters. The van der Waals surface area contributed by atoms with Crippen LogP contribution in [0.4, 0.5) is 5.69 Å². The SMILES string of the molecule is O=C(c1cc(Cl)ccc1NCc1nc(-c2ccco2)no1)N1CCCC1. The Morgan fingerprint density at radius 1 is 1.27 bits per heavy atom. The zero-order valence-electron chi connectivity index (χ0n) is 13.9. The van der Waals surface area contributed by atoms with Crippen LogP contribution < -0.4 is 5.32 Å². The number of nitrogens with one attached hydrogen (secondary N) is 1. The van der Waals surface area contributed by atoms with Crippen molar-refractivity contribution in [2.45, 2.75) is 19.4 Å². The van der Waals surface area contributed by atoms with E-state index in [1.54, 1.807) is 36.6 Å². The van der Waals surface area contributed by atoms with Crippen LogP contribution in [0.5, 0.6) is 0 Å². The summed E-state index contributed by atoms with van der Waals surface area (Å²) in [5.41, 5.74) is 1.23. The molecule has 26 heavy (non-hydrogen) atoms. The first-order chi connectivity index (χ1) is 12.7. The van der Waals surface area contributed by atoms with Crippen LogP contribution in [0, 0.1) is 0 Å². The summed E-state index contributed by atoms with van der Waals surface area (Å²) in [4.78, 5) is 18.9. The summed E-state index contributed by atoms with van der Waals surface area (Å²) in [6.07, 6.45) is 3.62. The molecule has 0 aliphatic carbocycles. The summed E-state index contributed by atoms with van der Waals surface area (Å²) in [5.74, 6) is 1.30. The van der Waals surface area contributed by atoms with Crippen molar-refractivity contribution in [2.75, 3.05) is 18.4 Å². The first-order valence-electron chi connectivity index (χ1n) is 8.40. The molecule has 2 aromatic heterocycles.